The molecule has 2 fully saturated rings. The molecule has 0 radical (unpaired) electrons. The van der Waals surface area contributed by atoms with Crippen LogP contribution in [0.3, 0.4) is 0 Å². The Bertz CT molecular complexity index is 563. The van der Waals surface area contributed by atoms with E-state index in [-0.39, 0.29) is 59.5 Å². The van der Waals surface area contributed by atoms with Gasteiger partial charge in [-0.1, -0.05) is 31.9 Å². The smallest absolute Gasteiger partial charge is 0.233 e. The van der Waals surface area contributed by atoms with E-state index in [1.165, 1.54) is 17.7 Å². The zero-order valence-electron chi connectivity index (χ0n) is 16.4. The number of carbonyl (C=O) groups is 2. The lowest BCUT2D eigenvalue weighted by atomic mass is 9.85. The SMILES string of the molecule is CCCCCNC(=NCCCN1C(=O)C2C3C=CC(C3)C2C1=O)NCC.I. The fourth-order valence-corrected chi connectivity index (χ4v) is 4.53. The van der Waals surface area contributed by atoms with Crippen LogP contribution in [0.5, 0.6) is 0 Å². The number of unbranched alkanes of at least 4 members (excludes halogenated alkanes) is 2. The second-order valence-electron chi connectivity index (χ2n) is 7.58. The summed E-state index contributed by atoms with van der Waals surface area (Å²) in [5.74, 6) is 1.32. The molecule has 2 aliphatic carbocycles. The normalized spacial score (nSPS) is 28.5. The van der Waals surface area contributed by atoms with Gasteiger partial charge in [0.2, 0.25) is 11.8 Å². The number of rotatable bonds is 9. The van der Waals surface area contributed by atoms with Crippen LogP contribution in [0.2, 0.25) is 0 Å². The van der Waals surface area contributed by atoms with Gasteiger partial charge in [0.1, 0.15) is 0 Å². The first-order valence-corrected chi connectivity index (χ1v) is 10.2. The first kappa shape index (κ1) is 22.2. The maximum Gasteiger partial charge on any atom is 0.233 e. The highest BCUT2D eigenvalue weighted by Crippen LogP contribution is 2.52. The number of guanidine groups is 1. The lowest BCUT2D eigenvalue weighted by Gasteiger charge is -2.17. The first-order chi connectivity index (χ1) is 12.7. The summed E-state index contributed by atoms with van der Waals surface area (Å²) >= 11 is 0. The molecule has 4 unspecified atom stereocenters. The first-order valence-electron chi connectivity index (χ1n) is 10.2. The average Bonchev–Trinajstić information content (AvgIpc) is 3.31. The molecule has 152 valence electrons. The summed E-state index contributed by atoms with van der Waals surface area (Å²) in [5, 5.41) is 6.58. The van der Waals surface area contributed by atoms with Crippen LogP contribution < -0.4 is 10.6 Å². The van der Waals surface area contributed by atoms with E-state index in [0.717, 1.165) is 31.9 Å². The van der Waals surface area contributed by atoms with Crippen molar-refractivity contribution in [3.05, 3.63) is 12.2 Å². The van der Waals surface area contributed by atoms with E-state index in [9.17, 15) is 9.59 Å². The minimum absolute atomic E-state index is 0. The van der Waals surface area contributed by atoms with E-state index in [4.69, 9.17) is 0 Å². The van der Waals surface area contributed by atoms with Gasteiger partial charge in [-0.3, -0.25) is 19.5 Å². The van der Waals surface area contributed by atoms with Crippen LogP contribution in [0.15, 0.2) is 17.1 Å². The molecule has 0 spiro atoms. The third-order valence-corrected chi connectivity index (χ3v) is 5.79. The Balaban J connectivity index is 0.00000261. The lowest BCUT2D eigenvalue weighted by Crippen LogP contribution is -2.38. The van der Waals surface area contributed by atoms with Crippen molar-refractivity contribution in [1.82, 2.24) is 15.5 Å². The Kier molecular flexibility index (Phi) is 8.57. The van der Waals surface area contributed by atoms with E-state index in [2.05, 4.69) is 34.7 Å². The molecular weight excluding hydrogens is 455 g/mol. The van der Waals surface area contributed by atoms with Gasteiger partial charge in [-0.2, -0.15) is 0 Å². The Morgan fingerprint density at radius 2 is 1.74 bits per heavy atom. The van der Waals surface area contributed by atoms with Crippen LogP contribution in [-0.2, 0) is 9.59 Å². The van der Waals surface area contributed by atoms with E-state index in [1.54, 1.807) is 0 Å². The van der Waals surface area contributed by atoms with Gasteiger partial charge in [0.25, 0.3) is 0 Å². The highest BCUT2D eigenvalue weighted by Gasteiger charge is 2.58. The van der Waals surface area contributed by atoms with Crippen molar-refractivity contribution in [2.45, 2.75) is 46.0 Å². The van der Waals surface area contributed by atoms with Crippen molar-refractivity contribution in [3.63, 3.8) is 0 Å². The number of fused-ring (bicyclic) bond motifs is 5. The molecule has 2 amide bonds. The highest BCUT2D eigenvalue weighted by molar-refractivity contribution is 14.0. The number of nitrogens with one attached hydrogen (secondary N) is 2. The summed E-state index contributed by atoms with van der Waals surface area (Å²) < 4.78 is 0. The predicted molar refractivity (Wildman–Crippen MR) is 118 cm³/mol. The van der Waals surface area contributed by atoms with E-state index < -0.39 is 0 Å². The quantitative estimate of drug-likeness (QED) is 0.131. The van der Waals surface area contributed by atoms with Crippen LogP contribution >= 0.6 is 24.0 Å². The fraction of sp³-hybridized carbons (Fsp3) is 0.750. The Morgan fingerprint density at radius 3 is 2.33 bits per heavy atom. The Labute approximate surface area is 179 Å². The van der Waals surface area contributed by atoms with Crippen molar-refractivity contribution in [1.29, 1.82) is 0 Å². The molecule has 4 atom stereocenters. The minimum atomic E-state index is -0.0847. The number of aliphatic imine (C=N–C) groups is 1. The van der Waals surface area contributed by atoms with Gasteiger partial charge in [0.15, 0.2) is 5.96 Å². The van der Waals surface area contributed by atoms with E-state index in [1.807, 2.05) is 6.92 Å². The number of amides is 2. The molecule has 0 aromatic heterocycles. The molecule has 0 aromatic carbocycles. The molecule has 2 bridgehead atoms. The van der Waals surface area contributed by atoms with Crippen LogP contribution in [0.1, 0.15) is 46.0 Å². The molecule has 1 saturated heterocycles. The van der Waals surface area contributed by atoms with Crippen molar-refractivity contribution >= 4 is 41.8 Å². The van der Waals surface area contributed by atoms with Gasteiger partial charge in [-0.15, -0.1) is 24.0 Å². The molecule has 3 rings (SSSR count). The number of allylic oxidation sites excluding steroid dienone is 2. The number of hydrogen-bond acceptors (Lipinski definition) is 3. The van der Waals surface area contributed by atoms with Crippen LogP contribution in [0.4, 0.5) is 0 Å². The Morgan fingerprint density at radius 1 is 1.07 bits per heavy atom. The molecular formula is C20H33IN4O2. The number of halogens is 1. The van der Waals surface area contributed by atoms with Gasteiger partial charge in [0.05, 0.1) is 11.8 Å². The molecule has 6 nitrogen and oxygen atoms in total. The zero-order chi connectivity index (χ0) is 18.5. The molecule has 2 N–H and O–H groups in total. The molecule has 27 heavy (non-hydrogen) atoms. The van der Waals surface area contributed by atoms with Crippen LogP contribution in [0.25, 0.3) is 0 Å². The third kappa shape index (κ3) is 4.84. The van der Waals surface area contributed by atoms with Gasteiger partial charge < -0.3 is 10.6 Å². The van der Waals surface area contributed by atoms with Gasteiger partial charge in [-0.25, -0.2) is 0 Å². The van der Waals surface area contributed by atoms with E-state index >= 15 is 0 Å². The summed E-state index contributed by atoms with van der Waals surface area (Å²) in [6, 6.07) is 0. The highest BCUT2D eigenvalue weighted by atomic mass is 127. The van der Waals surface area contributed by atoms with Crippen molar-refractivity contribution < 1.29 is 9.59 Å². The largest absolute Gasteiger partial charge is 0.357 e. The Hall–Kier alpha value is -1.12. The monoisotopic (exact) mass is 488 g/mol. The standard InChI is InChI=1S/C20H32N4O2.HI/c1-3-5-6-10-22-20(21-4-2)23-11-7-12-24-18(25)16-14-8-9-15(13-14)17(16)19(24)26;/h8-9,14-17H,3-7,10-13H2,1-2H3,(H2,21,22,23);1H. The van der Waals surface area contributed by atoms with Crippen LogP contribution in [-0.4, -0.2) is 48.9 Å². The summed E-state index contributed by atoms with van der Waals surface area (Å²) in [6.07, 6.45) is 9.52. The second kappa shape index (κ2) is 10.4. The summed E-state index contributed by atoms with van der Waals surface area (Å²) in [4.78, 5) is 31.3. The predicted octanol–water partition coefficient (Wildman–Crippen LogP) is 2.55. The second-order valence-corrected chi connectivity index (χ2v) is 7.58. The average molecular weight is 488 g/mol. The summed E-state index contributed by atoms with van der Waals surface area (Å²) in [6.45, 7) is 7.08. The third-order valence-electron chi connectivity index (χ3n) is 5.79. The molecule has 0 aromatic rings. The summed E-state index contributed by atoms with van der Waals surface area (Å²) in [7, 11) is 0. The van der Waals surface area contributed by atoms with Gasteiger partial charge >= 0.3 is 0 Å². The fourth-order valence-electron chi connectivity index (χ4n) is 4.53. The van der Waals surface area contributed by atoms with E-state index in [0.29, 0.717) is 19.5 Å². The van der Waals surface area contributed by atoms with Crippen molar-refractivity contribution in [3.8, 4) is 0 Å². The number of hydrogen-bond donors (Lipinski definition) is 2. The molecule has 1 saturated carbocycles. The molecule has 1 aliphatic heterocycles. The van der Waals surface area contributed by atoms with Gasteiger partial charge in [-0.05, 0) is 38.0 Å². The number of nitrogens with zero attached hydrogens (tertiary/aromatic N) is 2. The molecule has 7 heteroatoms. The van der Waals surface area contributed by atoms with Crippen LogP contribution in [0, 0.1) is 23.7 Å². The number of likely N-dealkylation sites (tertiary alicyclic amines) is 1. The van der Waals surface area contributed by atoms with Crippen molar-refractivity contribution in [2.24, 2.45) is 28.7 Å². The van der Waals surface area contributed by atoms with Crippen molar-refractivity contribution in [2.75, 3.05) is 26.2 Å². The molecule has 3 aliphatic rings. The summed E-state index contributed by atoms with van der Waals surface area (Å²) in [5.41, 5.74) is 0. The van der Waals surface area contributed by atoms with Gasteiger partial charge in [0, 0.05) is 26.2 Å². The number of imide groups is 1. The minimum Gasteiger partial charge on any atom is -0.357 e. The number of carbonyl (C=O) groups excluding carboxylic acids is 2. The zero-order valence-corrected chi connectivity index (χ0v) is 18.8. The maximum absolute atomic E-state index is 12.6. The lowest BCUT2D eigenvalue weighted by molar-refractivity contribution is -0.140. The molecule has 1 heterocycles. The maximum atomic E-state index is 12.6. The topological polar surface area (TPSA) is 73.8 Å².